The lowest BCUT2D eigenvalue weighted by Crippen LogP contribution is -2.32. The van der Waals surface area contributed by atoms with Crippen LogP contribution in [0.1, 0.15) is 38.8 Å². The molecule has 1 aromatic heterocycles. The summed E-state index contributed by atoms with van der Waals surface area (Å²) in [5.74, 6) is 0.521. The second kappa shape index (κ2) is 7.11. The van der Waals surface area contributed by atoms with E-state index in [2.05, 4.69) is 32.7 Å². The van der Waals surface area contributed by atoms with E-state index in [1.54, 1.807) is 0 Å². The van der Waals surface area contributed by atoms with Crippen LogP contribution in [-0.2, 0) is 0 Å². The van der Waals surface area contributed by atoms with Crippen molar-refractivity contribution in [2.24, 2.45) is 11.7 Å². The van der Waals surface area contributed by atoms with Crippen LogP contribution in [0.5, 0.6) is 0 Å². The molecule has 0 fully saturated rings. The van der Waals surface area contributed by atoms with Crippen molar-refractivity contribution in [3.05, 3.63) is 20.3 Å². The second-order valence-electron chi connectivity index (χ2n) is 5.13. The first-order valence-electron chi connectivity index (χ1n) is 6.23. The normalized spacial score (nSPS) is 15.4. The Kier molecular flexibility index (Phi) is 6.42. The molecule has 18 heavy (non-hydrogen) atoms. The van der Waals surface area contributed by atoms with Gasteiger partial charge in [0.05, 0.1) is 8.67 Å². The van der Waals surface area contributed by atoms with Crippen molar-refractivity contribution in [3.8, 4) is 0 Å². The van der Waals surface area contributed by atoms with Crippen LogP contribution in [-0.4, -0.2) is 24.5 Å². The highest BCUT2D eigenvalue weighted by Crippen LogP contribution is 2.36. The molecule has 1 aromatic rings. The molecule has 2 atom stereocenters. The molecule has 1 rings (SSSR count). The van der Waals surface area contributed by atoms with Gasteiger partial charge >= 0.3 is 0 Å². The van der Waals surface area contributed by atoms with Gasteiger partial charge in [0.15, 0.2) is 0 Å². The molecule has 5 heteroatoms. The molecule has 0 aliphatic carbocycles. The molecule has 104 valence electrons. The van der Waals surface area contributed by atoms with Crippen LogP contribution < -0.4 is 5.73 Å². The number of nitrogens with zero attached hydrogens (tertiary/aromatic N) is 1. The summed E-state index contributed by atoms with van der Waals surface area (Å²) in [6.07, 6.45) is 0.994. The minimum Gasteiger partial charge on any atom is -0.327 e. The molecule has 2 N–H and O–H groups in total. The van der Waals surface area contributed by atoms with Crippen LogP contribution >= 0.6 is 34.5 Å². The molecule has 0 saturated heterocycles. The summed E-state index contributed by atoms with van der Waals surface area (Å²) >= 11 is 13.6. The summed E-state index contributed by atoms with van der Waals surface area (Å²) in [4.78, 5) is 2.27. The van der Waals surface area contributed by atoms with E-state index in [9.17, 15) is 0 Å². The second-order valence-corrected chi connectivity index (χ2v) is 7.42. The van der Waals surface area contributed by atoms with Crippen molar-refractivity contribution in [2.75, 3.05) is 13.6 Å². The van der Waals surface area contributed by atoms with E-state index in [1.165, 1.54) is 11.3 Å². The highest BCUT2D eigenvalue weighted by atomic mass is 35.5. The Labute approximate surface area is 124 Å². The maximum atomic E-state index is 6.18. The van der Waals surface area contributed by atoms with Crippen molar-refractivity contribution in [3.63, 3.8) is 0 Å². The Morgan fingerprint density at radius 1 is 1.33 bits per heavy atom. The van der Waals surface area contributed by atoms with Gasteiger partial charge in [0.1, 0.15) is 0 Å². The van der Waals surface area contributed by atoms with Crippen molar-refractivity contribution >= 4 is 34.5 Å². The van der Waals surface area contributed by atoms with Crippen LogP contribution in [0.15, 0.2) is 6.07 Å². The quantitative estimate of drug-likeness (QED) is 0.843. The Morgan fingerprint density at radius 2 is 1.94 bits per heavy atom. The van der Waals surface area contributed by atoms with Crippen molar-refractivity contribution in [1.29, 1.82) is 0 Å². The zero-order chi connectivity index (χ0) is 13.9. The third-order valence-corrected chi connectivity index (χ3v) is 4.98. The van der Waals surface area contributed by atoms with E-state index in [-0.39, 0.29) is 12.1 Å². The van der Waals surface area contributed by atoms with Crippen LogP contribution in [0.2, 0.25) is 8.67 Å². The number of hydrogen-bond acceptors (Lipinski definition) is 3. The van der Waals surface area contributed by atoms with Gasteiger partial charge in [-0.25, -0.2) is 0 Å². The number of halogens is 2. The number of nitrogens with two attached hydrogens (primary N) is 1. The monoisotopic (exact) mass is 308 g/mol. The summed E-state index contributed by atoms with van der Waals surface area (Å²) in [5, 5.41) is 0. The largest absolute Gasteiger partial charge is 0.327 e. The molecule has 0 aromatic carbocycles. The first kappa shape index (κ1) is 16.3. The Morgan fingerprint density at radius 3 is 2.39 bits per heavy atom. The maximum Gasteiger partial charge on any atom is 0.0991 e. The fraction of sp³-hybridized carbons (Fsp3) is 0.692. The number of rotatable bonds is 6. The zero-order valence-corrected chi connectivity index (χ0v) is 13.7. The summed E-state index contributed by atoms with van der Waals surface area (Å²) in [7, 11) is 2.10. The predicted octanol–water partition coefficient (Wildman–Crippen LogP) is 4.42. The minimum absolute atomic E-state index is 0.251. The molecule has 0 spiro atoms. The van der Waals surface area contributed by atoms with E-state index in [4.69, 9.17) is 28.9 Å². The van der Waals surface area contributed by atoms with E-state index in [0.29, 0.717) is 5.92 Å². The highest BCUT2D eigenvalue weighted by Gasteiger charge is 2.18. The average Bonchev–Trinajstić information content (AvgIpc) is 2.63. The van der Waals surface area contributed by atoms with Gasteiger partial charge in [-0.2, -0.15) is 0 Å². The van der Waals surface area contributed by atoms with Crippen LogP contribution in [0.3, 0.4) is 0 Å². The van der Waals surface area contributed by atoms with Crippen molar-refractivity contribution < 1.29 is 0 Å². The van der Waals surface area contributed by atoms with E-state index in [0.717, 1.165) is 27.2 Å². The first-order chi connectivity index (χ1) is 8.32. The summed E-state index contributed by atoms with van der Waals surface area (Å²) in [5.41, 5.74) is 7.17. The lowest BCUT2D eigenvalue weighted by atomic mass is 10.0. The zero-order valence-electron chi connectivity index (χ0n) is 11.4. The number of hydrogen-bond donors (Lipinski definition) is 1. The molecule has 0 radical (unpaired) electrons. The smallest absolute Gasteiger partial charge is 0.0991 e. The van der Waals surface area contributed by atoms with Gasteiger partial charge in [-0.3, -0.25) is 4.90 Å². The Balaban J connectivity index is 2.56. The molecular formula is C13H22Cl2N2S. The molecule has 0 aliphatic heterocycles. The fourth-order valence-corrected chi connectivity index (χ4v) is 3.39. The SMILES string of the molecule is CC(C)C(N)CCN(C)C(C)c1cc(Cl)sc1Cl. The van der Waals surface area contributed by atoms with Gasteiger partial charge in [-0.15, -0.1) is 11.3 Å². The fourth-order valence-electron chi connectivity index (χ4n) is 1.75. The lowest BCUT2D eigenvalue weighted by molar-refractivity contribution is 0.244. The molecule has 1 heterocycles. The topological polar surface area (TPSA) is 29.3 Å². The van der Waals surface area contributed by atoms with Crippen molar-refractivity contribution in [1.82, 2.24) is 4.90 Å². The maximum absolute atomic E-state index is 6.18. The minimum atomic E-state index is 0.251. The van der Waals surface area contributed by atoms with Gasteiger partial charge < -0.3 is 5.73 Å². The highest BCUT2D eigenvalue weighted by molar-refractivity contribution is 7.20. The van der Waals surface area contributed by atoms with E-state index in [1.807, 2.05) is 6.07 Å². The van der Waals surface area contributed by atoms with Crippen LogP contribution in [0.4, 0.5) is 0 Å². The van der Waals surface area contributed by atoms with Gasteiger partial charge in [0.25, 0.3) is 0 Å². The van der Waals surface area contributed by atoms with E-state index < -0.39 is 0 Å². The Bertz CT molecular complexity index is 379. The molecule has 0 amide bonds. The van der Waals surface area contributed by atoms with Gasteiger partial charge in [0.2, 0.25) is 0 Å². The van der Waals surface area contributed by atoms with Gasteiger partial charge in [-0.1, -0.05) is 37.0 Å². The molecular weight excluding hydrogens is 287 g/mol. The molecule has 2 nitrogen and oxygen atoms in total. The third-order valence-electron chi connectivity index (χ3n) is 3.47. The summed E-state index contributed by atoms with van der Waals surface area (Å²) in [6.45, 7) is 7.42. The lowest BCUT2D eigenvalue weighted by Gasteiger charge is -2.26. The van der Waals surface area contributed by atoms with Crippen LogP contribution in [0, 0.1) is 5.92 Å². The number of thiophene rings is 1. The average molecular weight is 309 g/mol. The molecule has 0 bridgehead atoms. The molecule has 0 saturated carbocycles. The first-order valence-corrected chi connectivity index (χ1v) is 7.80. The molecule has 0 aliphatic rings. The predicted molar refractivity (Wildman–Crippen MR) is 82.8 cm³/mol. The van der Waals surface area contributed by atoms with Gasteiger partial charge in [-0.05, 0) is 38.9 Å². The van der Waals surface area contributed by atoms with Gasteiger partial charge in [0, 0.05) is 17.6 Å². The summed E-state index contributed by atoms with van der Waals surface area (Å²) in [6, 6.07) is 2.47. The van der Waals surface area contributed by atoms with Crippen LogP contribution in [0.25, 0.3) is 0 Å². The third kappa shape index (κ3) is 4.39. The van der Waals surface area contributed by atoms with Crippen molar-refractivity contribution in [2.45, 2.75) is 39.3 Å². The summed E-state index contributed by atoms with van der Waals surface area (Å²) < 4.78 is 1.53. The standard InChI is InChI=1S/C13H22Cl2N2S/c1-8(2)11(16)5-6-17(4)9(3)10-7-12(14)18-13(10)15/h7-9,11H,5-6,16H2,1-4H3. The van der Waals surface area contributed by atoms with E-state index >= 15 is 0 Å². The molecule has 2 unspecified atom stereocenters. The Hall–Kier alpha value is 0.200.